The fourth-order valence-corrected chi connectivity index (χ4v) is 2.18. The van der Waals surface area contributed by atoms with Crippen LogP contribution in [-0.4, -0.2) is 5.97 Å². The zero-order valence-electron chi connectivity index (χ0n) is 8.08. The van der Waals surface area contributed by atoms with Gasteiger partial charge in [-0.25, -0.2) is 0 Å². The van der Waals surface area contributed by atoms with E-state index in [1.54, 1.807) is 0 Å². The van der Waals surface area contributed by atoms with Crippen molar-refractivity contribution in [1.82, 2.24) is 0 Å². The van der Waals surface area contributed by atoms with Crippen LogP contribution in [0.4, 0.5) is 0 Å². The van der Waals surface area contributed by atoms with Gasteiger partial charge in [0, 0.05) is 12.4 Å². The van der Waals surface area contributed by atoms with E-state index in [4.69, 9.17) is 0 Å². The number of benzene rings is 1. The zero-order chi connectivity index (χ0) is 9.97. The van der Waals surface area contributed by atoms with Crippen molar-refractivity contribution in [3.8, 4) is 0 Å². The molecular weight excluding hydrogens is 176 g/mol. The van der Waals surface area contributed by atoms with Crippen LogP contribution >= 0.6 is 0 Å². The van der Waals surface area contributed by atoms with Gasteiger partial charge in [0.2, 0.25) is 0 Å². The van der Waals surface area contributed by atoms with Crippen LogP contribution in [0.25, 0.3) is 0 Å². The fourth-order valence-electron chi connectivity index (χ4n) is 2.18. The average Bonchev–Trinajstić information content (AvgIpc) is 2.18. The molecule has 0 radical (unpaired) electrons. The predicted octanol–water partition coefficient (Wildman–Crippen LogP) is 0.858. The first-order valence-electron chi connectivity index (χ1n) is 5.07. The van der Waals surface area contributed by atoms with Crippen molar-refractivity contribution in [3.63, 3.8) is 0 Å². The summed E-state index contributed by atoms with van der Waals surface area (Å²) in [4.78, 5) is 10.5. The fraction of sp³-hybridized carbons (Fsp3) is 0.417. The van der Waals surface area contributed by atoms with Gasteiger partial charge in [0.25, 0.3) is 0 Å². The molecule has 0 N–H and O–H groups in total. The van der Waals surface area contributed by atoms with Gasteiger partial charge in [0.05, 0.1) is 0 Å². The van der Waals surface area contributed by atoms with Crippen LogP contribution in [0.15, 0.2) is 18.2 Å². The van der Waals surface area contributed by atoms with Crippen molar-refractivity contribution < 1.29 is 9.90 Å². The van der Waals surface area contributed by atoms with Crippen LogP contribution in [0.1, 0.15) is 29.5 Å². The van der Waals surface area contributed by atoms with E-state index in [2.05, 4.69) is 6.07 Å². The van der Waals surface area contributed by atoms with Crippen molar-refractivity contribution in [2.75, 3.05) is 0 Å². The van der Waals surface area contributed by atoms with Gasteiger partial charge < -0.3 is 9.90 Å². The second-order valence-corrected chi connectivity index (χ2v) is 3.81. The number of hydrogen-bond donors (Lipinski definition) is 0. The number of carboxylic acids is 1. The maximum atomic E-state index is 10.5. The van der Waals surface area contributed by atoms with Crippen molar-refractivity contribution in [1.29, 1.82) is 0 Å². The molecular formula is C12H13O2-. The Labute approximate surface area is 83.6 Å². The van der Waals surface area contributed by atoms with Crippen LogP contribution in [0.2, 0.25) is 0 Å². The number of rotatable bonds is 2. The Balaban J connectivity index is 2.35. The molecule has 0 bridgehead atoms. The highest BCUT2D eigenvalue weighted by atomic mass is 16.4. The van der Waals surface area contributed by atoms with Gasteiger partial charge in [-0.2, -0.15) is 0 Å². The molecule has 0 fully saturated rings. The lowest BCUT2D eigenvalue weighted by Crippen LogP contribution is -2.25. The molecule has 0 saturated carbocycles. The Morgan fingerprint density at radius 1 is 1.29 bits per heavy atom. The van der Waals surface area contributed by atoms with Crippen molar-refractivity contribution >= 4 is 5.97 Å². The Morgan fingerprint density at radius 2 is 2.07 bits per heavy atom. The quantitative estimate of drug-likeness (QED) is 0.692. The van der Waals surface area contributed by atoms with Crippen LogP contribution < -0.4 is 5.11 Å². The molecule has 74 valence electrons. The molecule has 0 saturated heterocycles. The second kappa shape index (κ2) is 3.82. The molecule has 0 heterocycles. The van der Waals surface area contributed by atoms with Gasteiger partial charge >= 0.3 is 0 Å². The summed E-state index contributed by atoms with van der Waals surface area (Å²) in [7, 11) is 0. The van der Waals surface area contributed by atoms with Crippen LogP contribution in [-0.2, 0) is 24.1 Å². The van der Waals surface area contributed by atoms with E-state index in [-0.39, 0.29) is 6.42 Å². The Bertz CT molecular complexity index is 355. The molecule has 1 aromatic rings. The number of carbonyl (C=O) groups excluding carboxylic acids is 1. The van der Waals surface area contributed by atoms with Crippen molar-refractivity contribution in [3.05, 3.63) is 34.9 Å². The highest BCUT2D eigenvalue weighted by Gasteiger charge is 2.12. The minimum absolute atomic E-state index is 0.0587. The Kier molecular flexibility index (Phi) is 2.53. The largest absolute Gasteiger partial charge is 0.550 e. The van der Waals surface area contributed by atoms with E-state index in [1.165, 1.54) is 24.0 Å². The predicted molar refractivity (Wildman–Crippen MR) is 51.8 cm³/mol. The molecule has 1 aliphatic rings. The molecule has 0 aliphatic heterocycles. The molecule has 1 aliphatic carbocycles. The third-order valence-corrected chi connectivity index (χ3v) is 2.83. The molecule has 14 heavy (non-hydrogen) atoms. The molecule has 2 nitrogen and oxygen atoms in total. The second-order valence-electron chi connectivity index (χ2n) is 3.81. The lowest BCUT2D eigenvalue weighted by Gasteiger charge is -2.19. The molecule has 0 unspecified atom stereocenters. The van der Waals surface area contributed by atoms with Crippen LogP contribution in [0, 0.1) is 0 Å². The van der Waals surface area contributed by atoms with Crippen LogP contribution in [0.3, 0.4) is 0 Å². The van der Waals surface area contributed by atoms with Crippen LogP contribution in [0.5, 0.6) is 0 Å². The highest BCUT2D eigenvalue weighted by Crippen LogP contribution is 2.24. The molecule has 2 rings (SSSR count). The van der Waals surface area contributed by atoms with E-state index >= 15 is 0 Å². The number of carbonyl (C=O) groups is 1. The third kappa shape index (κ3) is 1.79. The van der Waals surface area contributed by atoms with Crippen molar-refractivity contribution in [2.24, 2.45) is 0 Å². The smallest absolute Gasteiger partial charge is 0.0458 e. The van der Waals surface area contributed by atoms with E-state index in [1.807, 2.05) is 12.1 Å². The monoisotopic (exact) mass is 189 g/mol. The number of carboxylic acid groups (broad SMARTS) is 1. The summed E-state index contributed by atoms with van der Waals surface area (Å²) in [5.41, 5.74) is 3.53. The molecule has 0 atom stereocenters. The van der Waals surface area contributed by atoms with Gasteiger partial charge in [-0.15, -0.1) is 0 Å². The Hall–Kier alpha value is -1.31. The van der Waals surface area contributed by atoms with E-state index in [0.29, 0.717) is 0 Å². The van der Waals surface area contributed by atoms with E-state index < -0.39 is 5.97 Å². The highest BCUT2D eigenvalue weighted by molar-refractivity contribution is 5.68. The topological polar surface area (TPSA) is 40.1 Å². The summed E-state index contributed by atoms with van der Waals surface area (Å²) in [6.07, 6.45) is 4.58. The summed E-state index contributed by atoms with van der Waals surface area (Å²) in [5, 5.41) is 10.5. The maximum absolute atomic E-state index is 10.5. The standard InChI is InChI=1S/C12H14O2/c13-12(14)8-10-6-3-5-9-4-1-2-7-11(9)10/h3,5-6H,1-2,4,7-8H2,(H,13,14)/p-1. The first-order chi connectivity index (χ1) is 6.77. The maximum Gasteiger partial charge on any atom is 0.0458 e. The lowest BCUT2D eigenvalue weighted by molar-refractivity contribution is -0.304. The van der Waals surface area contributed by atoms with Gasteiger partial charge in [-0.05, 0) is 42.4 Å². The van der Waals surface area contributed by atoms with Gasteiger partial charge in [-0.3, -0.25) is 0 Å². The molecule has 0 aromatic heterocycles. The van der Waals surface area contributed by atoms with Gasteiger partial charge in [-0.1, -0.05) is 18.2 Å². The normalized spacial score (nSPS) is 14.9. The summed E-state index contributed by atoms with van der Waals surface area (Å²) < 4.78 is 0. The molecule has 0 amide bonds. The number of aryl methyl sites for hydroxylation is 1. The first-order valence-corrected chi connectivity index (χ1v) is 5.07. The minimum atomic E-state index is -0.982. The molecule has 2 heteroatoms. The molecule has 1 aromatic carbocycles. The SMILES string of the molecule is O=C([O-])Cc1cccc2c1CCCC2. The van der Waals surface area contributed by atoms with Gasteiger partial charge in [0.15, 0.2) is 0 Å². The summed E-state index contributed by atoms with van der Waals surface area (Å²) in [5.74, 6) is -0.982. The zero-order valence-corrected chi connectivity index (χ0v) is 8.08. The molecule has 0 spiro atoms. The van der Waals surface area contributed by atoms with Gasteiger partial charge in [0.1, 0.15) is 0 Å². The Morgan fingerprint density at radius 3 is 2.86 bits per heavy atom. The lowest BCUT2D eigenvalue weighted by atomic mass is 9.87. The minimum Gasteiger partial charge on any atom is -0.550 e. The number of hydrogen-bond acceptors (Lipinski definition) is 2. The number of fused-ring (bicyclic) bond motifs is 1. The summed E-state index contributed by atoms with van der Waals surface area (Å²) >= 11 is 0. The number of aliphatic carboxylic acids is 1. The average molecular weight is 189 g/mol. The van der Waals surface area contributed by atoms with Crippen molar-refractivity contribution in [2.45, 2.75) is 32.1 Å². The van der Waals surface area contributed by atoms with E-state index in [0.717, 1.165) is 18.4 Å². The first kappa shape index (κ1) is 9.25. The summed E-state index contributed by atoms with van der Waals surface area (Å²) in [6, 6.07) is 5.95. The van der Waals surface area contributed by atoms with E-state index in [9.17, 15) is 9.90 Å². The third-order valence-electron chi connectivity index (χ3n) is 2.83. The summed E-state index contributed by atoms with van der Waals surface area (Å²) in [6.45, 7) is 0.